The van der Waals surface area contributed by atoms with Crippen LogP contribution in [0.3, 0.4) is 0 Å². The Hall–Kier alpha value is -0.800. The molecule has 0 amide bonds. The second kappa shape index (κ2) is 3.29. The summed E-state index contributed by atoms with van der Waals surface area (Å²) in [6.45, 7) is 2.06. The van der Waals surface area contributed by atoms with Crippen LogP contribution in [0.5, 0.6) is 0 Å². The summed E-state index contributed by atoms with van der Waals surface area (Å²) in [4.78, 5) is 0. The van der Waals surface area contributed by atoms with Crippen molar-refractivity contribution in [1.82, 2.24) is 4.57 Å². The number of nitrogens with zero attached hydrogens (tertiary/aromatic N) is 1. The maximum absolute atomic E-state index is 8.78. The first kappa shape index (κ1) is 9.29. The van der Waals surface area contributed by atoms with Gasteiger partial charge in [-0.05, 0) is 25.0 Å². The lowest BCUT2D eigenvalue weighted by Crippen LogP contribution is -2.33. The summed E-state index contributed by atoms with van der Waals surface area (Å²) < 4.78 is 1.96. The SMILES string of the molecule is Cn1ccc(C(C)(N)CCO)c1. The van der Waals surface area contributed by atoms with Gasteiger partial charge in [-0.2, -0.15) is 0 Å². The van der Waals surface area contributed by atoms with Crippen LogP contribution in [-0.4, -0.2) is 16.3 Å². The van der Waals surface area contributed by atoms with Crippen LogP contribution in [0.15, 0.2) is 18.5 Å². The van der Waals surface area contributed by atoms with E-state index >= 15 is 0 Å². The Bertz CT molecular complexity index is 253. The molecule has 0 bridgehead atoms. The van der Waals surface area contributed by atoms with Gasteiger partial charge >= 0.3 is 0 Å². The minimum atomic E-state index is -0.407. The molecular weight excluding hydrogens is 152 g/mol. The minimum Gasteiger partial charge on any atom is -0.396 e. The maximum Gasteiger partial charge on any atom is 0.0451 e. The number of aliphatic hydroxyl groups excluding tert-OH is 1. The Morgan fingerprint density at radius 2 is 2.33 bits per heavy atom. The van der Waals surface area contributed by atoms with Crippen molar-refractivity contribution in [3.8, 4) is 0 Å². The molecular formula is C9H16N2O. The summed E-state index contributed by atoms with van der Waals surface area (Å²) >= 11 is 0. The topological polar surface area (TPSA) is 51.2 Å². The highest BCUT2D eigenvalue weighted by Gasteiger charge is 2.20. The van der Waals surface area contributed by atoms with Gasteiger partial charge in [0.05, 0.1) is 0 Å². The lowest BCUT2D eigenvalue weighted by Gasteiger charge is -2.22. The summed E-state index contributed by atoms with van der Waals surface area (Å²) in [5.41, 5.74) is 6.65. The van der Waals surface area contributed by atoms with E-state index in [9.17, 15) is 0 Å². The lowest BCUT2D eigenvalue weighted by molar-refractivity contribution is 0.247. The van der Waals surface area contributed by atoms with Crippen molar-refractivity contribution < 1.29 is 5.11 Å². The molecule has 1 heterocycles. The first-order valence-corrected chi connectivity index (χ1v) is 4.08. The van der Waals surface area contributed by atoms with E-state index < -0.39 is 5.54 Å². The van der Waals surface area contributed by atoms with Gasteiger partial charge in [0.2, 0.25) is 0 Å². The Morgan fingerprint density at radius 3 is 2.75 bits per heavy atom. The van der Waals surface area contributed by atoms with Crippen molar-refractivity contribution in [2.45, 2.75) is 18.9 Å². The number of hydrogen-bond acceptors (Lipinski definition) is 2. The molecule has 1 atom stereocenters. The van der Waals surface area contributed by atoms with Crippen LogP contribution >= 0.6 is 0 Å². The second-order valence-corrected chi connectivity index (χ2v) is 3.46. The Morgan fingerprint density at radius 1 is 1.67 bits per heavy atom. The number of aryl methyl sites for hydroxylation is 1. The molecule has 1 unspecified atom stereocenters. The third kappa shape index (κ3) is 1.87. The standard InChI is InChI=1S/C9H16N2O/c1-9(10,4-6-12)8-3-5-11(2)7-8/h3,5,7,12H,4,6,10H2,1-2H3. The monoisotopic (exact) mass is 168 g/mol. The van der Waals surface area contributed by atoms with Crippen molar-refractivity contribution in [3.63, 3.8) is 0 Å². The van der Waals surface area contributed by atoms with E-state index in [0.29, 0.717) is 6.42 Å². The van der Waals surface area contributed by atoms with Crippen LogP contribution in [0.1, 0.15) is 18.9 Å². The molecule has 0 fully saturated rings. The molecule has 0 saturated carbocycles. The molecule has 68 valence electrons. The van der Waals surface area contributed by atoms with Gasteiger partial charge in [-0.25, -0.2) is 0 Å². The Kier molecular flexibility index (Phi) is 2.55. The quantitative estimate of drug-likeness (QED) is 0.693. The molecule has 1 rings (SSSR count). The van der Waals surface area contributed by atoms with Crippen molar-refractivity contribution in [3.05, 3.63) is 24.0 Å². The van der Waals surface area contributed by atoms with Crippen LogP contribution in [0.2, 0.25) is 0 Å². The molecule has 0 saturated heterocycles. The number of rotatable bonds is 3. The zero-order valence-corrected chi connectivity index (χ0v) is 7.62. The zero-order chi connectivity index (χ0) is 9.19. The van der Waals surface area contributed by atoms with Gasteiger partial charge in [0.15, 0.2) is 0 Å². The van der Waals surface area contributed by atoms with E-state index in [-0.39, 0.29) is 6.61 Å². The van der Waals surface area contributed by atoms with Gasteiger partial charge in [-0.1, -0.05) is 0 Å². The molecule has 1 aromatic rings. The largest absolute Gasteiger partial charge is 0.396 e. The molecule has 3 nitrogen and oxygen atoms in total. The first-order valence-electron chi connectivity index (χ1n) is 4.08. The Balaban J connectivity index is 2.81. The van der Waals surface area contributed by atoms with Crippen LogP contribution < -0.4 is 5.73 Å². The van der Waals surface area contributed by atoms with Gasteiger partial charge in [0.25, 0.3) is 0 Å². The summed E-state index contributed by atoms with van der Waals surface area (Å²) in [6.07, 6.45) is 4.53. The van der Waals surface area contributed by atoms with Crippen molar-refractivity contribution in [1.29, 1.82) is 0 Å². The van der Waals surface area contributed by atoms with E-state index in [0.717, 1.165) is 5.56 Å². The Labute approximate surface area is 72.8 Å². The van der Waals surface area contributed by atoms with Crippen molar-refractivity contribution >= 4 is 0 Å². The number of aromatic nitrogens is 1. The smallest absolute Gasteiger partial charge is 0.0451 e. The molecule has 3 heteroatoms. The van der Waals surface area contributed by atoms with Crippen LogP contribution in [0.25, 0.3) is 0 Å². The van der Waals surface area contributed by atoms with E-state index in [1.54, 1.807) is 0 Å². The van der Waals surface area contributed by atoms with Crippen LogP contribution in [0.4, 0.5) is 0 Å². The molecule has 3 N–H and O–H groups in total. The maximum atomic E-state index is 8.78. The highest BCUT2D eigenvalue weighted by Crippen LogP contribution is 2.20. The van der Waals surface area contributed by atoms with Gasteiger partial charge in [-0.3, -0.25) is 0 Å². The summed E-state index contributed by atoms with van der Waals surface area (Å²) in [5, 5.41) is 8.78. The van der Waals surface area contributed by atoms with E-state index in [2.05, 4.69) is 0 Å². The summed E-state index contributed by atoms with van der Waals surface area (Å²) in [6, 6.07) is 1.98. The average molecular weight is 168 g/mol. The van der Waals surface area contributed by atoms with E-state index in [4.69, 9.17) is 10.8 Å². The minimum absolute atomic E-state index is 0.127. The highest BCUT2D eigenvalue weighted by atomic mass is 16.3. The predicted molar refractivity (Wildman–Crippen MR) is 48.7 cm³/mol. The average Bonchev–Trinajstić information content (AvgIpc) is 2.36. The summed E-state index contributed by atoms with van der Waals surface area (Å²) in [7, 11) is 1.96. The molecule has 0 aliphatic heterocycles. The van der Waals surface area contributed by atoms with Crippen LogP contribution in [0, 0.1) is 0 Å². The molecule has 0 aliphatic rings. The lowest BCUT2D eigenvalue weighted by atomic mass is 9.93. The molecule has 0 radical (unpaired) electrons. The highest BCUT2D eigenvalue weighted by molar-refractivity contribution is 5.19. The third-order valence-corrected chi connectivity index (χ3v) is 2.12. The van der Waals surface area contributed by atoms with Crippen molar-refractivity contribution in [2.24, 2.45) is 12.8 Å². The first-order chi connectivity index (χ1) is 5.56. The molecule has 12 heavy (non-hydrogen) atoms. The predicted octanol–water partition coefficient (Wildman–Crippen LogP) is 0.581. The fourth-order valence-electron chi connectivity index (χ4n) is 1.22. The zero-order valence-electron chi connectivity index (χ0n) is 7.62. The number of aliphatic hydroxyl groups is 1. The van der Waals surface area contributed by atoms with Gasteiger partial charge in [0, 0.05) is 31.6 Å². The van der Waals surface area contributed by atoms with Crippen molar-refractivity contribution in [2.75, 3.05) is 6.61 Å². The van der Waals surface area contributed by atoms with Gasteiger partial charge in [0.1, 0.15) is 0 Å². The van der Waals surface area contributed by atoms with E-state index in [1.807, 2.05) is 37.0 Å². The molecule has 0 aromatic carbocycles. The summed E-state index contributed by atoms with van der Waals surface area (Å²) in [5.74, 6) is 0. The van der Waals surface area contributed by atoms with Gasteiger partial charge in [-0.15, -0.1) is 0 Å². The van der Waals surface area contributed by atoms with Crippen LogP contribution in [-0.2, 0) is 12.6 Å². The fraction of sp³-hybridized carbons (Fsp3) is 0.556. The molecule has 0 aliphatic carbocycles. The number of hydrogen-bond donors (Lipinski definition) is 2. The third-order valence-electron chi connectivity index (χ3n) is 2.12. The normalized spacial score (nSPS) is 16.0. The van der Waals surface area contributed by atoms with Gasteiger partial charge < -0.3 is 15.4 Å². The number of nitrogens with two attached hydrogens (primary N) is 1. The molecule has 1 aromatic heterocycles. The molecule has 0 spiro atoms. The fourth-order valence-corrected chi connectivity index (χ4v) is 1.22. The van der Waals surface area contributed by atoms with E-state index in [1.165, 1.54) is 0 Å². The second-order valence-electron chi connectivity index (χ2n) is 3.46.